The zero-order valence-electron chi connectivity index (χ0n) is 18.5. The summed E-state index contributed by atoms with van der Waals surface area (Å²) in [7, 11) is 5.59. The molecule has 3 aromatic rings. The zero-order chi connectivity index (χ0) is 22.0. The molecular formula is C25H27ClN2O4. The number of furan rings is 1. The third kappa shape index (κ3) is 5.03. The van der Waals surface area contributed by atoms with E-state index in [1.807, 2.05) is 14.1 Å². The number of carbonyl (C=O) groups excluding carboxylic acids is 2. The fourth-order valence-electron chi connectivity index (χ4n) is 3.80. The fourth-order valence-corrected chi connectivity index (χ4v) is 3.80. The molecular weight excluding hydrogens is 428 g/mol. The molecule has 0 fully saturated rings. The molecule has 32 heavy (non-hydrogen) atoms. The molecule has 168 valence electrons. The summed E-state index contributed by atoms with van der Waals surface area (Å²) in [5, 5.41) is 0. The number of amides is 1. The lowest BCUT2D eigenvalue weighted by Gasteiger charge is -2.26. The normalized spacial score (nSPS) is 12.8. The number of carbonyl (C=O) groups is 2. The molecule has 1 amide bonds. The Labute approximate surface area is 194 Å². The average molecular weight is 455 g/mol. The van der Waals surface area contributed by atoms with Crippen LogP contribution in [0.4, 0.5) is 0 Å². The van der Waals surface area contributed by atoms with E-state index in [0.717, 1.165) is 24.5 Å². The van der Waals surface area contributed by atoms with Crippen molar-refractivity contribution in [2.45, 2.75) is 19.5 Å². The number of hydrogen-bond donors (Lipinski definition) is 0. The predicted octanol–water partition coefficient (Wildman–Crippen LogP) is 4.20. The Morgan fingerprint density at radius 3 is 2.19 bits per heavy atom. The van der Waals surface area contributed by atoms with Crippen LogP contribution in [-0.2, 0) is 19.5 Å². The summed E-state index contributed by atoms with van der Waals surface area (Å²) in [5.41, 5.74) is 2.87. The van der Waals surface area contributed by atoms with E-state index in [4.69, 9.17) is 9.15 Å². The Bertz CT molecular complexity index is 1090. The number of methoxy groups -OCH3 is 1. The van der Waals surface area contributed by atoms with E-state index in [1.165, 1.54) is 5.56 Å². The van der Waals surface area contributed by atoms with Crippen LogP contribution in [0.2, 0.25) is 0 Å². The molecule has 0 aliphatic carbocycles. The number of ketones is 1. The van der Waals surface area contributed by atoms with Gasteiger partial charge in [0, 0.05) is 23.2 Å². The predicted molar refractivity (Wildman–Crippen MR) is 125 cm³/mol. The topological polar surface area (TPSA) is 63.0 Å². The first-order valence-electron chi connectivity index (χ1n) is 10.3. The van der Waals surface area contributed by atoms with Gasteiger partial charge in [-0.05, 0) is 68.5 Å². The van der Waals surface area contributed by atoms with E-state index in [-0.39, 0.29) is 24.1 Å². The molecule has 6 nitrogen and oxygen atoms in total. The number of rotatable bonds is 6. The second-order valence-corrected chi connectivity index (χ2v) is 8.01. The quantitative estimate of drug-likeness (QED) is 0.522. The van der Waals surface area contributed by atoms with Gasteiger partial charge in [0.1, 0.15) is 17.3 Å². The van der Waals surface area contributed by atoms with Gasteiger partial charge in [-0.2, -0.15) is 0 Å². The van der Waals surface area contributed by atoms with Gasteiger partial charge in [0.2, 0.25) is 0 Å². The molecule has 1 aromatic heterocycles. The van der Waals surface area contributed by atoms with Crippen LogP contribution in [0.15, 0.2) is 59.0 Å². The van der Waals surface area contributed by atoms with Gasteiger partial charge in [0.25, 0.3) is 5.91 Å². The zero-order valence-corrected chi connectivity index (χ0v) is 19.3. The minimum atomic E-state index is -0.0896. The van der Waals surface area contributed by atoms with Gasteiger partial charge in [0.05, 0.1) is 20.2 Å². The second kappa shape index (κ2) is 10.0. The number of benzene rings is 2. The van der Waals surface area contributed by atoms with Gasteiger partial charge in [-0.15, -0.1) is 12.4 Å². The fraction of sp³-hybridized carbons (Fsp3) is 0.280. The smallest absolute Gasteiger partial charge is 0.254 e. The summed E-state index contributed by atoms with van der Waals surface area (Å²) in [6.07, 6.45) is 0.784. The molecule has 2 aromatic carbocycles. The number of halogens is 1. The van der Waals surface area contributed by atoms with Crippen LogP contribution in [-0.4, -0.2) is 49.2 Å². The summed E-state index contributed by atoms with van der Waals surface area (Å²) in [4.78, 5) is 29.5. The van der Waals surface area contributed by atoms with Gasteiger partial charge in [0.15, 0.2) is 5.78 Å². The second-order valence-electron chi connectivity index (χ2n) is 8.01. The van der Waals surface area contributed by atoms with Gasteiger partial charge < -0.3 is 19.0 Å². The van der Waals surface area contributed by atoms with Crippen LogP contribution in [0.3, 0.4) is 0 Å². The molecule has 0 bridgehead atoms. The van der Waals surface area contributed by atoms with Gasteiger partial charge in [-0.25, -0.2) is 0 Å². The van der Waals surface area contributed by atoms with E-state index >= 15 is 0 Å². The molecule has 0 spiro atoms. The first-order valence-corrected chi connectivity index (χ1v) is 10.3. The SMILES string of the molecule is COc1ccc(C(=O)c2ccc(C(=O)N3CCc4cc(CN(C)C)oc4C3)cc2)cc1.Cl. The summed E-state index contributed by atoms with van der Waals surface area (Å²) in [6, 6.07) is 15.9. The number of nitrogens with zero attached hydrogens (tertiary/aromatic N) is 2. The lowest BCUT2D eigenvalue weighted by Crippen LogP contribution is -2.35. The van der Waals surface area contributed by atoms with Gasteiger partial charge in [-0.3, -0.25) is 9.59 Å². The van der Waals surface area contributed by atoms with Crippen molar-refractivity contribution < 1.29 is 18.7 Å². The molecule has 0 radical (unpaired) electrons. The van der Waals surface area contributed by atoms with Crippen molar-refractivity contribution in [3.05, 3.63) is 88.4 Å². The van der Waals surface area contributed by atoms with Crippen molar-refractivity contribution >= 4 is 24.1 Å². The molecule has 1 aliphatic rings. The highest BCUT2D eigenvalue weighted by molar-refractivity contribution is 6.09. The molecule has 2 heterocycles. The highest BCUT2D eigenvalue weighted by Gasteiger charge is 2.25. The lowest BCUT2D eigenvalue weighted by atomic mass is 10.0. The van der Waals surface area contributed by atoms with Crippen molar-refractivity contribution in [1.29, 1.82) is 0 Å². The average Bonchev–Trinajstić information content (AvgIpc) is 3.19. The number of hydrogen-bond acceptors (Lipinski definition) is 5. The summed E-state index contributed by atoms with van der Waals surface area (Å²) in [5.74, 6) is 2.34. The van der Waals surface area contributed by atoms with E-state index < -0.39 is 0 Å². The molecule has 0 unspecified atom stereocenters. The van der Waals surface area contributed by atoms with E-state index in [1.54, 1.807) is 60.5 Å². The molecule has 0 saturated heterocycles. The highest BCUT2D eigenvalue weighted by Crippen LogP contribution is 2.25. The largest absolute Gasteiger partial charge is 0.497 e. The minimum Gasteiger partial charge on any atom is -0.497 e. The number of fused-ring (bicyclic) bond motifs is 1. The van der Waals surface area contributed by atoms with Crippen LogP contribution >= 0.6 is 12.4 Å². The van der Waals surface area contributed by atoms with E-state index in [2.05, 4.69) is 11.0 Å². The number of ether oxygens (including phenoxy) is 1. The van der Waals surface area contributed by atoms with Crippen molar-refractivity contribution in [3.8, 4) is 5.75 Å². The molecule has 1 aliphatic heterocycles. The first-order chi connectivity index (χ1) is 14.9. The summed E-state index contributed by atoms with van der Waals surface area (Å²) >= 11 is 0. The lowest BCUT2D eigenvalue weighted by molar-refractivity contribution is 0.0718. The van der Waals surface area contributed by atoms with Crippen LogP contribution < -0.4 is 4.74 Å². The maximum Gasteiger partial charge on any atom is 0.254 e. The third-order valence-corrected chi connectivity index (χ3v) is 5.44. The molecule has 0 atom stereocenters. The molecule has 0 saturated carbocycles. The Morgan fingerprint density at radius 1 is 1.00 bits per heavy atom. The Kier molecular flexibility index (Phi) is 7.38. The molecule has 0 N–H and O–H groups in total. The van der Waals surface area contributed by atoms with Gasteiger partial charge in [-0.1, -0.05) is 12.1 Å². The Balaban J connectivity index is 0.00000289. The van der Waals surface area contributed by atoms with Crippen molar-refractivity contribution in [1.82, 2.24) is 9.80 Å². The van der Waals surface area contributed by atoms with Crippen LogP contribution in [0.5, 0.6) is 5.75 Å². The van der Waals surface area contributed by atoms with Crippen LogP contribution in [0.1, 0.15) is 43.4 Å². The molecule has 7 heteroatoms. The van der Waals surface area contributed by atoms with E-state index in [9.17, 15) is 9.59 Å². The summed E-state index contributed by atoms with van der Waals surface area (Å²) in [6.45, 7) is 1.86. The Morgan fingerprint density at radius 2 is 1.59 bits per heavy atom. The van der Waals surface area contributed by atoms with Crippen molar-refractivity contribution in [3.63, 3.8) is 0 Å². The van der Waals surface area contributed by atoms with Crippen molar-refractivity contribution in [2.24, 2.45) is 0 Å². The monoisotopic (exact) mass is 454 g/mol. The first kappa shape index (κ1) is 23.6. The third-order valence-electron chi connectivity index (χ3n) is 5.44. The maximum atomic E-state index is 13.0. The van der Waals surface area contributed by atoms with E-state index in [0.29, 0.717) is 35.5 Å². The standard InChI is InChI=1S/C25H26N2O4.ClH/c1-26(2)15-22-14-20-12-13-27(16-23(20)31-22)25(29)19-6-4-17(5-7-19)24(28)18-8-10-21(30-3)11-9-18;/h4-11,14H,12-13,15-16H2,1-3H3;1H. The maximum absolute atomic E-state index is 13.0. The summed E-state index contributed by atoms with van der Waals surface area (Å²) < 4.78 is 11.1. The minimum absolute atomic E-state index is 0. The van der Waals surface area contributed by atoms with Crippen LogP contribution in [0, 0.1) is 0 Å². The Hall–Kier alpha value is -3.09. The van der Waals surface area contributed by atoms with Gasteiger partial charge >= 0.3 is 0 Å². The van der Waals surface area contributed by atoms with Crippen molar-refractivity contribution in [2.75, 3.05) is 27.7 Å². The highest BCUT2D eigenvalue weighted by atomic mass is 35.5. The molecule has 4 rings (SSSR count). The van der Waals surface area contributed by atoms with Crippen LogP contribution in [0.25, 0.3) is 0 Å².